The molecule has 284 valence electrons. The van der Waals surface area contributed by atoms with E-state index >= 15 is 0 Å². The molecule has 3 nitrogen and oxygen atoms in total. The van der Waals surface area contributed by atoms with Gasteiger partial charge in [0.1, 0.15) is 0 Å². The second-order valence-electron chi connectivity index (χ2n) is 15.5. The van der Waals surface area contributed by atoms with E-state index in [0.29, 0.717) is 17.5 Å². The highest BCUT2D eigenvalue weighted by Gasteiger charge is 2.18. The van der Waals surface area contributed by atoms with Crippen LogP contribution in [0.3, 0.4) is 0 Å². The van der Waals surface area contributed by atoms with Gasteiger partial charge in [0.15, 0.2) is 17.5 Å². The van der Waals surface area contributed by atoms with Crippen LogP contribution in [0.1, 0.15) is 0 Å². The Morgan fingerprint density at radius 2 is 0.672 bits per heavy atom. The van der Waals surface area contributed by atoms with Gasteiger partial charge in [-0.2, -0.15) is 0 Å². The summed E-state index contributed by atoms with van der Waals surface area (Å²) in [5, 5.41) is 10.1. The molecule has 61 heavy (non-hydrogen) atoms. The van der Waals surface area contributed by atoms with Gasteiger partial charge in [0.25, 0.3) is 0 Å². The molecule has 0 aliphatic rings. The van der Waals surface area contributed by atoms with Gasteiger partial charge in [0, 0.05) is 36.9 Å². The maximum atomic E-state index is 5.11. The highest BCUT2D eigenvalue weighted by Crippen LogP contribution is 2.42. The van der Waals surface area contributed by atoms with Gasteiger partial charge in [-0.05, 0) is 96.0 Å². The zero-order chi connectivity index (χ0) is 40.3. The van der Waals surface area contributed by atoms with Crippen LogP contribution in [-0.2, 0) is 0 Å². The van der Waals surface area contributed by atoms with Gasteiger partial charge >= 0.3 is 0 Å². The smallest absolute Gasteiger partial charge is 0.164 e. The molecule has 0 radical (unpaired) electrons. The normalized spacial score (nSPS) is 11.6. The average Bonchev–Trinajstić information content (AvgIpc) is 3.73. The summed E-state index contributed by atoms with van der Waals surface area (Å²) in [7, 11) is 0. The van der Waals surface area contributed by atoms with E-state index in [1.54, 1.807) is 11.3 Å². The summed E-state index contributed by atoms with van der Waals surface area (Å²) in [5.41, 5.74) is 10.0. The van der Waals surface area contributed by atoms with Crippen LogP contribution in [0.2, 0.25) is 0 Å². The monoisotopic (exact) mass is 793 g/mol. The molecule has 0 unspecified atom stereocenters. The molecular weight excluding hydrogens is 759 g/mol. The Morgan fingerprint density at radius 3 is 1.30 bits per heavy atom. The number of nitrogens with zero attached hydrogens (tertiary/aromatic N) is 3. The van der Waals surface area contributed by atoms with Crippen molar-refractivity contribution in [2.75, 3.05) is 0 Å². The SMILES string of the molecule is c1ccc(-c2nc(-c3ccccc3)nc(-c3cccc4sc5ccc(-c6cccc(-c7ccc(-c8ccc9c%10ccccc%10c%10ccccc%10c9c8)cc7)c6)cc5c34)n2)cc1. The molecule has 2 heterocycles. The summed E-state index contributed by atoms with van der Waals surface area (Å²) in [6.07, 6.45) is 0. The summed E-state index contributed by atoms with van der Waals surface area (Å²) >= 11 is 1.81. The first kappa shape index (κ1) is 35.2. The van der Waals surface area contributed by atoms with Gasteiger partial charge in [0.05, 0.1) is 0 Å². The van der Waals surface area contributed by atoms with Crippen molar-refractivity contribution in [3.05, 3.63) is 212 Å². The standard InChI is InChI=1S/C57H35N3S/c1-3-13-38(14-4-1)55-58-56(39-15-5-2-6-16-39)60-57(59-55)49-23-12-24-53-54(49)51-35-43(30-32-52(51)61-53)41-18-11-17-40(33-41)36-25-27-37(28-26-36)42-29-31-48-46-21-8-7-19-44(46)45-20-9-10-22-47(45)50(48)34-42/h1-35H. The van der Waals surface area contributed by atoms with Crippen LogP contribution in [0.5, 0.6) is 0 Å². The minimum atomic E-state index is 0.658. The van der Waals surface area contributed by atoms with Crippen molar-refractivity contribution in [3.63, 3.8) is 0 Å². The second kappa shape index (κ2) is 14.5. The number of hydrogen-bond donors (Lipinski definition) is 0. The third kappa shape index (κ3) is 6.16. The predicted molar refractivity (Wildman–Crippen MR) is 258 cm³/mol. The van der Waals surface area contributed by atoms with Crippen LogP contribution in [-0.4, -0.2) is 15.0 Å². The van der Waals surface area contributed by atoms with E-state index < -0.39 is 0 Å². The third-order valence-corrected chi connectivity index (χ3v) is 13.1. The molecule has 0 saturated carbocycles. The minimum absolute atomic E-state index is 0.658. The number of thiophene rings is 1. The van der Waals surface area contributed by atoms with E-state index in [4.69, 9.17) is 15.0 Å². The maximum absolute atomic E-state index is 5.11. The highest BCUT2D eigenvalue weighted by atomic mass is 32.1. The lowest BCUT2D eigenvalue weighted by molar-refractivity contribution is 1.08. The quantitative estimate of drug-likeness (QED) is 0.157. The lowest BCUT2D eigenvalue weighted by Gasteiger charge is -2.12. The molecule has 12 aromatic rings. The van der Waals surface area contributed by atoms with Crippen molar-refractivity contribution in [1.29, 1.82) is 0 Å². The molecule has 0 atom stereocenters. The number of aromatic nitrogens is 3. The molecule has 0 amide bonds. The molecule has 0 spiro atoms. The molecule has 10 aromatic carbocycles. The highest BCUT2D eigenvalue weighted by molar-refractivity contribution is 7.26. The predicted octanol–water partition coefficient (Wildman–Crippen LogP) is 15.7. The molecule has 0 saturated heterocycles. The summed E-state index contributed by atoms with van der Waals surface area (Å²) in [4.78, 5) is 15.2. The van der Waals surface area contributed by atoms with Crippen LogP contribution >= 0.6 is 11.3 Å². The van der Waals surface area contributed by atoms with Crippen molar-refractivity contribution < 1.29 is 0 Å². The van der Waals surface area contributed by atoms with Crippen molar-refractivity contribution in [3.8, 4) is 67.5 Å². The summed E-state index contributed by atoms with van der Waals surface area (Å²) in [6.45, 7) is 0. The maximum Gasteiger partial charge on any atom is 0.164 e. The lowest BCUT2D eigenvalue weighted by atomic mass is 9.91. The van der Waals surface area contributed by atoms with Gasteiger partial charge in [-0.1, -0.05) is 182 Å². The molecule has 0 N–H and O–H groups in total. The molecule has 2 aromatic heterocycles. The van der Waals surface area contributed by atoms with Gasteiger partial charge in [0.2, 0.25) is 0 Å². The van der Waals surface area contributed by atoms with E-state index in [1.165, 1.54) is 80.5 Å². The Morgan fingerprint density at radius 1 is 0.246 bits per heavy atom. The Kier molecular flexibility index (Phi) is 8.36. The van der Waals surface area contributed by atoms with Crippen molar-refractivity contribution in [1.82, 2.24) is 15.0 Å². The molecule has 0 fully saturated rings. The molecule has 0 aliphatic heterocycles. The Hall–Kier alpha value is -7.79. The molecule has 4 heteroatoms. The fourth-order valence-corrected chi connectivity index (χ4v) is 10.1. The first-order valence-electron chi connectivity index (χ1n) is 20.6. The molecular formula is C57H35N3S. The Balaban J connectivity index is 0.913. The van der Waals surface area contributed by atoms with Crippen molar-refractivity contribution >= 4 is 63.8 Å². The van der Waals surface area contributed by atoms with Gasteiger partial charge in [-0.3, -0.25) is 0 Å². The van der Waals surface area contributed by atoms with Crippen LogP contribution in [0.4, 0.5) is 0 Å². The van der Waals surface area contributed by atoms with Crippen molar-refractivity contribution in [2.24, 2.45) is 0 Å². The van der Waals surface area contributed by atoms with Gasteiger partial charge in [-0.25, -0.2) is 15.0 Å². The van der Waals surface area contributed by atoms with Crippen LogP contribution in [0.25, 0.3) is 120 Å². The first-order valence-corrected chi connectivity index (χ1v) is 21.4. The Labute approximate surface area is 356 Å². The van der Waals surface area contributed by atoms with Gasteiger partial charge < -0.3 is 0 Å². The fourth-order valence-electron chi connectivity index (χ4n) is 8.94. The van der Waals surface area contributed by atoms with E-state index in [-0.39, 0.29) is 0 Å². The summed E-state index contributed by atoms with van der Waals surface area (Å²) in [5.74, 6) is 1.98. The lowest BCUT2D eigenvalue weighted by Crippen LogP contribution is -2.00. The average molecular weight is 794 g/mol. The Bertz CT molecular complexity index is 3540. The van der Waals surface area contributed by atoms with Gasteiger partial charge in [-0.15, -0.1) is 11.3 Å². The summed E-state index contributed by atoms with van der Waals surface area (Å²) < 4.78 is 2.43. The van der Waals surface area contributed by atoms with Crippen molar-refractivity contribution in [2.45, 2.75) is 0 Å². The van der Waals surface area contributed by atoms with Crippen LogP contribution in [0.15, 0.2) is 212 Å². The molecule has 0 bridgehead atoms. The molecule has 0 aliphatic carbocycles. The number of rotatable bonds is 6. The van der Waals surface area contributed by atoms with Crippen LogP contribution < -0.4 is 0 Å². The second-order valence-corrected chi connectivity index (χ2v) is 16.6. The number of hydrogen-bond acceptors (Lipinski definition) is 4. The molecule has 12 rings (SSSR count). The minimum Gasteiger partial charge on any atom is -0.208 e. The van der Waals surface area contributed by atoms with Crippen LogP contribution in [0, 0.1) is 0 Å². The first-order chi connectivity index (χ1) is 30.2. The topological polar surface area (TPSA) is 38.7 Å². The fraction of sp³-hybridized carbons (Fsp3) is 0. The van der Waals surface area contributed by atoms with E-state index in [1.807, 2.05) is 36.4 Å². The zero-order valence-electron chi connectivity index (χ0n) is 33.0. The number of fused-ring (bicyclic) bond motifs is 9. The van der Waals surface area contributed by atoms with E-state index in [9.17, 15) is 0 Å². The third-order valence-electron chi connectivity index (χ3n) is 11.9. The number of benzene rings is 10. The van der Waals surface area contributed by atoms with E-state index in [2.05, 4.69) is 176 Å². The van der Waals surface area contributed by atoms with E-state index in [0.717, 1.165) is 22.1 Å². The zero-order valence-corrected chi connectivity index (χ0v) is 33.8. The largest absolute Gasteiger partial charge is 0.208 e. The summed E-state index contributed by atoms with van der Waals surface area (Å²) in [6, 6.07) is 76.0.